The molecule has 1 rings (SSSR count). The number of ether oxygens (including phenoxy) is 2. The molecule has 0 N–H and O–H groups in total. The molecule has 2 nitrogen and oxygen atoms in total. The highest BCUT2D eigenvalue weighted by Gasteiger charge is 2.25. The van der Waals surface area contributed by atoms with Crippen molar-refractivity contribution in [2.75, 3.05) is 13.9 Å². The minimum Gasteiger partial charge on any atom is -0.467 e. The molecule has 0 saturated heterocycles. The molecule has 0 aliphatic carbocycles. The van der Waals surface area contributed by atoms with Gasteiger partial charge in [0.2, 0.25) is 0 Å². The van der Waals surface area contributed by atoms with E-state index in [1.807, 2.05) is 0 Å². The van der Waals surface area contributed by atoms with Crippen LogP contribution in [0, 0.1) is 0 Å². The van der Waals surface area contributed by atoms with Crippen molar-refractivity contribution in [3.63, 3.8) is 0 Å². The van der Waals surface area contributed by atoms with E-state index in [1.165, 1.54) is 11.1 Å². The van der Waals surface area contributed by atoms with Gasteiger partial charge in [0.15, 0.2) is 14.2 Å². The lowest BCUT2D eigenvalue weighted by molar-refractivity contribution is 0.0492. The zero-order valence-corrected chi connectivity index (χ0v) is 14.6. The molecule has 0 radical (unpaired) electrons. The Hall–Kier alpha value is -0.513. The normalized spacial score (nSPS) is 12.6. The molecule has 0 unspecified atom stereocenters. The summed E-state index contributed by atoms with van der Waals surface area (Å²) in [6, 6.07) is 7.22. The second kappa shape index (κ2) is 6.29. The van der Waals surface area contributed by atoms with E-state index in [0.29, 0.717) is 0 Å². The van der Waals surface area contributed by atoms with E-state index in [-0.39, 0.29) is 12.2 Å². The molecule has 19 heavy (non-hydrogen) atoms. The first kappa shape index (κ1) is 16.5. The molecule has 0 bridgehead atoms. The molecule has 0 heterocycles. The van der Waals surface area contributed by atoms with E-state index < -0.39 is 7.38 Å². The van der Waals surface area contributed by atoms with E-state index in [9.17, 15) is 0 Å². The van der Waals surface area contributed by atoms with Crippen molar-refractivity contribution in [2.24, 2.45) is 0 Å². The summed E-state index contributed by atoms with van der Waals surface area (Å²) in [5.41, 5.74) is 2.44. The number of methoxy groups -OCH3 is 1. The van der Waals surface area contributed by atoms with Crippen LogP contribution in [-0.4, -0.2) is 21.3 Å². The fourth-order valence-electron chi connectivity index (χ4n) is 2.06. The van der Waals surface area contributed by atoms with E-state index in [2.05, 4.69) is 52.1 Å². The van der Waals surface area contributed by atoms with Gasteiger partial charge < -0.3 is 9.47 Å². The zero-order chi connectivity index (χ0) is 14.7. The van der Waals surface area contributed by atoms with Crippen LogP contribution in [0.25, 0.3) is 0 Å². The van der Waals surface area contributed by atoms with Crippen molar-refractivity contribution in [3.05, 3.63) is 29.3 Å². The quantitative estimate of drug-likeness (QED) is 0.453. The summed E-state index contributed by atoms with van der Waals surface area (Å²) in [5.74, 6) is 0.943. The maximum atomic E-state index is 6.49. The molecule has 0 aromatic heterocycles. The molecule has 0 fully saturated rings. The Kier molecular flexibility index (Phi) is 5.48. The van der Waals surface area contributed by atoms with Crippen molar-refractivity contribution in [1.29, 1.82) is 0 Å². The fraction of sp³-hybridized carbons (Fsp3) is 0.600. The number of hydrogen-bond acceptors (Lipinski definition) is 2. The molecule has 0 spiro atoms. The Labute approximate surface area is 122 Å². The lowest BCUT2D eigenvalue weighted by atomic mass is 9.85. The van der Waals surface area contributed by atoms with Crippen molar-refractivity contribution >= 4 is 18.5 Å². The van der Waals surface area contributed by atoms with Gasteiger partial charge in [-0.05, 0) is 22.6 Å². The Morgan fingerprint density at radius 3 is 2.32 bits per heavy atom. The number of para-hydroxylation sites is 1. The Morgan fingerprint density at radius 1 is 1.21 bits per heavy atom. The summed E-state index contributed by atoms with van der Waals surface area (Å²) in [5, 5.41) is 0. The van der Waals surface area contributed by atoms with Gasteiger partial charge in [-0.2, -0.15) is 11.1 Å². The summed E-state index contributed by atoms with van der Waals surface area (Å²) in [4.78, 5) is 0. The van der Waals surface area contributed by atoms with Crippen LogP contribution >= 0.6 is 11.1 Å². The molecule has 0 atom stereocenters. The molecule has 1 aromatic carbocycles. The largest absolute Gasteiger partial charge is 0.467 e. The second-order valence-electron chi connectivity index (χ2n) is 6.49. The highest BCUT2D eigenvalue weighted by atomic mass is 35.6. The second-order valence-corrected chi connectivity index (χ2v) is 13.4. The lowest BCUT2D eigenvalue weighted by Gasteiger charge is -2.26. The molecule has 0 aliphatic rings. The Balaban J connectivity index is 3.22. The number of hydrogen-bond donors (Lipinski definition) is 0. The van der Waals surface area contributed by atoms with Gasteiger partial charge in [0.25, 0.3) is 0 Å². The minimum atomic E-state index is -1.70. The fourth-order valence-corrected chi connectivity index (χ4v) is 3.67. The van der Waals surface area contributed by atoms with Gasteiger partial charge in [-0.1, -0.05) is 52.1 Å². The van der Waals surface area contributed by atoms with Gasteiger partial charge in [0.05, 0.1) is 0 Å². The van der Waals surface area contributed by atoms with Crippen LogP contribution in [-0.2, 0) is 16.2 Å². The number of rotatable bonds is 5. The van der Waals surface area contributed by atoms with Crippen molar-refractivity contribution in [1.82, 2.24) is 0 Å². The van der Waals surface area contributed by atoms with Gasteiger partial charge in [-0.15, -0.1) is 0 Å². The van der Waals surface area contributed by atoms with Crippen molar-refractivity contribution in [2.45, 2.75) is 45.3 Å². The zero-order valence-electron chi connectivity index (χ0n) is 12.8. The lowest BCUT2D eigenvalue weighted by Crippen LogP contribution is -2.23. The summed E-state index contributed by atoms with van der Waals surface area (Å²) in [6.07, 6.45) is 0. The molecule has 4 heteroatoms. The van der Waals surface area contributed by atoms with Crippen LogP contribution in [0.1, 0.15) is 31.9 Å². The highest BCUT2D eigenvalue weighted by molar-refractivity contribution is 7.18. The predicted octanol–water partition coefficient (Wildman–Crippen LogP) is 4.49. The Morgan fingerprint density at radius 2 is 1.84 bits per heavy atom. The average molecular weight is 301 g/mol. The van der Waals surface area contributed by atoms with E-state index in [0.717, 1.165) is 11.8 Å². The first-order chi connectivity index (χ1) is 8.65. The van der Waals surface area contributed by atoms with Gasteiger partial charge in [-0.3, -0.25) is 0 Å². The molecular weight excluding hydrogens is 276 g/mol. The van der Waals surface area contributed by atoms with Crippen LogP contribution in [0.2, 0.25) is 13.1 Å². The van der Waals surface area contributed by atoms with E-state index in [4.69, 9.17) is 20.6 Å². The number of halogens is 1. The van der Waals surface area contributed by atoms with Crippen LogP contribution in [0.3, 0.4) is 0 Å². The maximum Gasteiger partial charge on any atom is 0.188 e. The third kappa shape index (κ3) is 5.17. The van der Waals surface area contributed by atoms with Crippen LogP contribution < -0.4 is 4.74 Å². The minimum absolute atomic E-state index is 0.0388. The first-order valence-corrected chi connectivity index (χ1v) is 10.8. The summed E-state index contributed by atoms with van der Waals surface area (Å²) >= 11 is 6.49. The molecule has 0 aliphatic heterocycles. The third-order valence-corrected chi connectivity index (χ3v) is 4.46. The third-order valence-electron chi connectivity index (χ3n) is 2.84. The van der Waals surface area contributed by atoms with Crippen LogP contribution in [0.4, 0.5) is 0 Å². The maximum absolute atomic E-state index is 6.49. The van der Waals surface area contributed by atoms with Gasteiger partial charge in [-0.25, -0.2) is 0 Å². The Bertz CT molecular complexity index is 419. The van der Waals surface area contributed by atoms with Crippen LogP contribution in [0.5, 0.6) is 5.75 Å². The standard InChI is InChI=1S/C15H25ClO2Si/c1-15(2,3)13-9-7-8-12(10-19(5,6)16)14(13)18-11-17-4/h7-9H,10-11H2,1-6H3. The molecular formula is C15H25ClO2Si. The topological polar surface area (TPSA) is 18.5 Å². The monoisotopic (exact) mass is 300 g/mol. The molecule has 0 amide bonds. The van der Waals surface area contributed by atoms with Crippen molar-refractivity contribution < 1.29 is 9.47 Å². The smallest absolute Gasteiger partial charge is 0.188 e. The first-order valence-electron chi connectivity index (χ1n) is 6.58. The molecule has 0 saturated carbocycles. The predicted molar refractivity (Wildman–Crippen MR) is 84.7 cm³/mol. The van der Waals surface area contributed by atoms with E-state index in [1.54, 1.807) is 7.11 Å². The van der Waals surface area contributed by atoms with Crippen molar-refractivity contribution in [3.8, 4) is 5.75 Å². The molecule has 108 valence electrons. The molecule has 1 aromatic rings. The average Bonchev–Trinajstić information content (AvgIpc) is 2.23. The van der Waals surface area contributed by atoms with Crippen LogP contribution in [0.15, 0.2) is 18.2 Å². The highest BCUT2D eigenvalue weighted by Crippen LogP contribution is 2.35. The van der Waals surface area contributed by atoms with Gasteiger partial charge in [0, 0.05) is 7.11 Å². The van der Waals surface area contributed by atoms with Gasteiger partial charge in [0.1, 0.15) is 5.75 Å². The SMILES string of the molecule is COCOc1c(C[Si](C)(C)Cl)cccc1C(C)(C)C. The number of benzene rings is 1. The summed E-state index contributed by atoms with van der Waals surface area (Å²) < 4.78 is 10.9. The van der Waals surface area contributed by atoms with Gasteiger partial charge >= 0.3 is 0 Å². The van der Waals surface area contributed by atoms with E-state index >= 15 is 0 Å². The summed E-state index contributed by atoms with van der Waals surface area (Å²) in [6.45, 7) is 11.1. The summed E-state index contributed by atoms with van der Waals surface area (Å²) in [7, 11) is -0.0608.